The van der Waals surface area contributed by atoms with Gasteiger partial charge in [0.15, 0.2) is 0 Å². The first-order valence-electron chi connectivity index (χ1n) is 7.62. The van der Waals surface area contributed by atoms with Crippen LogP contribution in [0.3, 0.4) is 0 Å². The lowest BCUT2D eigenvalue weighted by atomic mass is 9.86. The molecule has 2 N–H and O–H groups in total. The Morgan fingerprint density at radius 2 is 2.20 bits per heavy atom. The molecule has 1 aliphatic rings. The zero-order valence-corrected chi connectivity index (χ0v) is 12.9. The fraction of sp³-hybridized carbons (Fsp3) is 0.647. The molecule has 0 amide bonds. The molecule has 0 aliphatic heterocycles. The second kappa shape index (κ2) is 6.59. The van der Waals surface area contributed by atoms with Crippen LogP contribution in [0.1, 0.15) is 36.8 Å². The monoisotopic (exact) mass is 277 g/mol. The van der Waals surface area contributed by atoms with Crippen molar-refractivity contribution in [1.82, 2.24) is 5.32 Å². The van der Waals surface area contributed by atoms with E-state index in [9.17, 15) is 5.11 Å². The van der Waals surface area contributed by atoms with Crippen molar-refractivity contribution in [2.24, 2.45) is 5.92 Å². The van der Waals surface area contributed by atoms with Gasteiger partial charge in [-0.3, -0.25) is 0 Å². The van der Waals surface area contributed by atoms with Gasteiger partial charge in [0.2, 0.25) is 0 Å². The van der Waals surface area contributed by atoms with Gasteiger partial charge in [-0.05, 0) is 63.3 Å². The molecular weight excluding hydrogens is 250 g/mol. The van der Waals surface area contributed by atoms with E-state index in [0.29, 0.717) is 5.92 Å². The number of aryl methyl sites for hydroxylation is 1. The van der Waals surface area contributed by atoms with Gasteiger partial charge in [-0.1, -0.05) is 18.6 Å². The minimum Gasteiger partial charge on any atom is -0.493 e. The highest BCUT2D eigenvalue weighted by Gasteiger charge is 2.40. The van der Waals surface area contributed by atoms with Crippen molar-refractivity contribution < 1.29 is 9.84 Å². The Balaban J connectivity index is 1.91. The molecule has 0 radical (unpaired) electrons. The molecule has 1 aromatic carbocycles. The van der Waals surface area contributed by atoms with E-state index in [-0.39, 0.29) is 12.1 Å². The van der Waals surface area contributed by atoms with Crippen LogP contribution < -0.4 is 10.1 Å². The first-order valence-corrected chi connectivity index (χ1v) is 7.62. The van der Waals surface area contributed by atoms with Crippen LogP contribution in [0.25, 0.3) is 0 Å². The number of benzene rings is 1. The first kappa shape index (κ1) is 15.3. The van der Waals surface area contributed by atoms with Gasteiger partial charge in [0.1, 0.15) is 5.75 Å². The predicted molar refractivity (Wildman–Crippen MR) is 82.2 cm³/mol. The van der Waals surface area contributed by atoms with E-state index in [2.05, 4.69) is 25.2 Å². The molecule has 1 saturated carbocycles. The molecule has 1 aliphatic carbocycles. The normalized spacial score (nSPS) is 25.9. The Kier molecular flexibility index (Phi) is 5.06. The minimum atomic E-state index is -0.0923. The highest BCUT2D eigenvalue weighted by atomic mass is 16.5. The summed E-state index contributed by atoms with van der Waals surface area (Å²) in [6.07, 6.45) is 4.43. The van der Waals surface area contributed by atoms with E-state index in [1.165, 1.54) is 24.0 Å². The average molecular weight is 277 g/mol. The molecule has 2 unspecified atom stereocenters. The summed E-state index contributed by atoms with van der Waals surface area (Å²) in [4.78, 5) is 0. The SMILES string of the molecule is CNC1(CO)CCCC1CCOc1cccc(C)c1C. The predicted octanol–water partition coefficient (Wildman–Crippen LogP) is 2.82. The second-order valence-electron chi connectivity index (χ2n) is 5.99. The lowest BCUT2D eigenvalue weighted by Crippen LogP contribution is -2.49. The third-order valence-electron chi connectivity index (χ3n) is 5.02. The van der Waals surface area contributed by atoms with Crippen LogP contribution in [0.2, 0.25) is 0 Å². The minimum absolute atomic E-state index is 0.0923. The summed E-state index contributed by atoms with van der Waals surface area (Å²) in [7, 11) is 1.96. The molecule has 3 nitrogen and oxygen atoms in total. The van der Waals surface area contributed by atoms with E-state index in [4.69, 9.17) is 4.74 Å². The Labute approximate surface area is 122 Å². The second-order valence-corrected chi connectivity index (χ2v) is 5.99. The van der Waals surface area contributed by atoms with E-state index in [1.54, 1.807) is 0 Å². The maximum atomic E-state index is 9.68. The maximum absolute atomic E-state index is 9.68. The van der Waals surface area contributed by atoms with Crippen LogP contribution in [0, 0.1) is 19.8 Å². The summed E-state index contributed by atoms with van der Waals surface area (Å²) >= 11 is 0. The molecule has 0 heterocycles. The third kappa shape index (κ3) is 2.99. The van der Waals surface area contributed by atoms with Crippen molar-refractivity contribution in [3.8, 4) is 5.75 Å². The van der Waals surface area contributed by atoms with Gasteiger partial charge < -0.3 is 15.2 Å². The average Bonchev–Trinajstić information content (AvgIpc) is 2.87. The fourth-order valence-electron chi connectivity index (χ4n) is 3.37. The van der Waals surface area contributed by atoms with Crippen LogP contribution in [-0.2, 0) is 0 Å². The van der Waals surface area contributed by atoms with Crippen LogP contribution >= 0.6 is 0 Å². The zero-order chi connectivity index (χ0) is 14.6. The van der Waals surface area contributed by atoms with E-state index < -0.39 is 0 Å². The summed E-state index contributed by atoms with van der Waals surface area (Å²) < 4.78 is 5.95. The number of aliphatic hydroxyl groups excluding tert-OH is 1. The number of rotatable bonds is 6. The number of hydrogen-bond donors (Lipinski definition) is 2. The molecule has 2 atom stereocenters. The van der Waals surface area contributed by atoms with Gasteiger partial charge in [-0.2, -0.15) is 0 Å². The highest BCUT2D eigenvalue weighted by molar-refractivity contribution is 5.38. The molecular formula is C17H27NO2. The standard InChI is InChI=1S/C17H27NO2/c1-13-6-4-8-16(14(13)2)20-11-9-15-7-5-10-17(15,12-19)18-3/h4,6,8,15,18-19H,5,7,9-12H2,1-3H3. The van der Waals surface area contributed by atoms with Gasteiger partial charge in [0, 0.05) is 5.54 Å². The van der Waals surface area contributed by atoms with Crippen LogP contribution in [0.5, 0.6) is 5.75 Å². The Bertz CT molecular complexity index is 441. The third-order valence-corrected chi connectivity index (χ3v) is 5.02. The van der Waals surface area contributed by atoms with Gasteiger partial charge in [0.05, 0.1) is 13.2 Å². The number of aliphatic hydroxyl groups is 1. The summed E-state index contributed by atoms with van der Waals surface area (Å²) in [6.45, 7) is 5.15. The van der Waals surface area contributed by atoms with Crippen molar-refractivity contribution in [1.29, 1.82) is 0 Å². The molecule has 0 bridgehead atoms. The fourth-order valence-corrected chi connectivity index (χ4v) is 3.37. The molecule has 20 heavy (non-hydrogen) atoms. The van der Waals surface area contributed by atoms with Crippen molar-refractivity contribution in [2.75, 3.05) is 20.3 Å². The molecule has 0 saturated heterocycles. The van der Waals surface area contributed by atoms with Gasteiger partial charge in [-0.15, -0.1) is 0 Å². The van der Waals surface area contributed by atoms with Crippen molar-refractivity contribution in [2.45, 2.75) is 45.1 Å². The molecule has 112 valence electrons. The Hall–Kier alpha value is -1.06. The van der Waals surface area contributed by atoms with Crippen LogP contribution in [-0.4, -0.2) is 30.9 Å². The summed E-state index contributed by atoms with van der Waals surface area (Å²) in [5.41, 5.74) is 2.40. The molecule has 2 rings (SSSR count). The van der Waals surface area contributed by atoms with E-state index >= 15 is 0 Å². The van der Waals surface area contributed by atoms with Crippen LogP contribution in [0.4, 0.5) is 0 Å². The van der Waals surface area contributed by atoms with Crippen molar-refractivity contribution in [3.63, 3.8) is 0 Å². The summed E-state index contributed by atoms with van der Waals surface area (Å²) in [5.74, 6) is 1.49. The first-order chi connectivity index (χ1) is 9.63. The molecule has 1 fully saturated rings. The van der Waals surface area contributed by atoms with Crippen molar-refractivity contribution >= 4 is 0 Å². The van der Waals surface area contributed by atoms with Gasteiger partial charge >= 0.3 is 0 Å². The molecule has 3 heteroatoms. The van der Waals surface area contributed by atoms with Crippen LogP contribution in [0.15, 0.2) is 18.2 Å². The Morgan fingerprint density at radius 1 is 1.40 bits per heavy atom. The van der Waals surface area contributed by atoms with E-state index in [0.717, 1.165) is 25.2 Å². The van der Waals surface area contributed by atoms with Crippen molar-refractivity contribution in [3.05, 3.63) is 29.3 Å². The van der Waals surface area contributed by atoms with Gasteiger partial charge in [0.25, 0.3) is 0 Å². The highest BCUT2D eigenvalue weighted by Crippen LogP contribution is 2.37. The summed E-state index contributed by atoms with van der Waals surface area (Å²) in [6, 6.07) is 6.18. The largest absolute Gasteiger partial charge is 0.493 e. The van der Waals surface area contributed by atoms with Gasteiger partial charge in [-0.25, -0.2) is 0 Å². The number of nitrogens with one attached hydrogen (secondary N) is 1. The quantitative estimate of drug-likeness (QED) is 0.840. The zero-order valence-electron chi connectivity index (χ0n) is 12.9. The lowest BCUT2D eigenvalue weighted by molar-refractivity contribution is 0.117. The number of hydrogen-bond acceptors (Lipinski definition) is 3. The smallest absolute Gasteiger partial charge is 0.122 e. The number of likely N-dealkylation sites (N-methyl/N-ethyl adjacent to an activating group) is 1. The molecule has 0 spiro atoms. The molecule has 1 aromatic rings. The maximum Gasteiger partial charge on any atom is 0.122 e. The number of ether oxygens (including phenoxy) is 1. The van der Waals surface area contributed by atoms with E-state index in [1.807, 2.05) is 19.2 Å². The lowest BCUT2D eigenvalue weighted by Gasteiger charge is -2.33. The summed E-state index contributed by atoms with van der Waals surface area (Å²) in [5, 5.41) is 13.0. The Morgan fingerprint density at radius 3 is 2.90 bits per heavy atom. The topological polar surface area (TPSA) is 41.5 Å². The molecule has 0 aromatic heterocycles.